The van der Waals surface area contributed by atoms with Crippen LogP contribution >= 0.6 is 11.3 Å². The zero-order valence-corrected chi connectivity index (χ0v) is 19.0. The Bertz CT molecular complexity index is 1060. The van der Waals surface area contributed by atoms with E-state index in [9.17, 15) is 0 Å². The van der Waals surface area contributed by atoms with Crippen molar-refractivity contribution >= 4 is 39.1 Å². The van der Waals surface area contributed by atoms with Gasteiger partial charge in [0.15, 0.2) is 0 Å². The first-order valence-corrected chi connectivity index (χ1v) is 11.9. The molecule has 1 unspecified atom stereocenters. The fourth-order valence-electron chi connectivity index (χ4n) is 5.28. The number of anilines is 3. The highest BCUT2D eigenvalue weighted by Gasteiger charge is 2.53. The number of thiazole rings is 1. The fraction of sp³-hybridized carbons (Fsp3) is 0.565. The van der Waals surface area contributed by atoms with E-state index in [0.29, 0.717) is 23.2 Å². The number of hydrogen-bond donors (Lipinski definition) is 2. The predicted molar refractivity (Wildman–Crippen MR) is 123 cm³/mol. The Morgan fingerprint density at radius 3 is 2.73 bits per heavy atom. The SMILES string of the molecule is CC(C)c1nc(NC[C@@H]2CC[C@@H]3CC2C3(C)C)nc(Nc2ccc3ncsc3c2)n1. The van der Waals surface area contributed by atoms with Crippen molar-refractivity contribution in [3.8, 4) is 0 Å². The van der Waals surface area contributed by atoms with Gasteiger partial charge in [0, 0.05) is 18.2 Å². The van der Waals surface area contributed by atoms with Gasteiger partial charge < -0.3 is 10.6 Å². The van der Waals surface area contributed by atoms with Crippen molar-refractivity contribution in [2.24, 2.45) is 23.2 Å². The van der Waals surface area contributed by atoms with Crippen LogP contribution in [0.25, 0.3) is 10.2 Å². The van der Waals surface area contributed by atoms with Gasteiger partial charge in [0.25, 0.3) is 0 Å². The summed E-state index contributed by atoms with van der Waals surface area (Å²) < 4.78 is 1.15. The molecular weight excluding hydrogens is 392 g/mol. The van der Waals surface area contributed by atoms with E-state index in [1.807, 2.05) is 17.6 Å². The van der Waals surface area contributed by atoms with E-state index in [2.05, 4.69) is 59.3 Å². The third kappa shape index (κ3) is 3.53. The van der Waals surface area contributed by atoms with Gasteiger partial charge in [-0.1, -0.05) is 27.7 Å². The van der Waals surface area contributed by atoms with Crippen LogP contribution in [-0.2, 0) is 0 Å². The lowest BCUT2D eigenvalue weighted by molar-refractivity contribution is -0.100. The van der Waals surface area contributed by atoms with E-state index in [1.165, 1.54) is 19.3 Å². The zero-order valence-electron chi connectivity index (χ0n) is 18.1. The van der Waals surface area contributed by atoms with Crippen molar-refractivity contribution in [3.05, 3.63) is 29.5 Å². The summed E-state index contributed by atoms with van der Waals surface area (Å²) in [6.45, 7) is 10.1. The number of nitrogens with zero attached hydrogens (tertiary/aromatic N) is 4. The van der Waals surface area contributed by atoms with Gasteiger partial charge in [0.05, 0.1) is 15.7 Å². The van der Waals surface area contributed by atoms with Gasteiger partial charge in [0.2, 0.25) is 11.9 Å². The average molecular weight is 423 g/mol. The Labute approximate surface area is 182 Å². The molecule has 3 aliphatic carbocycles. The first-order chi connectivity index (χ1) is 14.4. The maximum absolute atomic E-state index is 4.69. The summed E-state index contributed by atoms with van der Waals surface area (Å²) in [5.74, 6) is 4.76. The second-order valence-corrected chi connectivity index (χ2v) is 10.6. The van der Waals surface area contributed by atoms with Crippen molar-refractivity contribution in [3.63, 3.8) is 0 Å². The van der Waals surface area contributed by atoms with Crippen molar-refractivity contribution in [2.75, 3.05) is 17.2 Å². The largest absolute Gasteiger partial charge is 0.354 e. The van der Waals surface area contributed by atoms with E-state index in [0.717, 1.165) is 40.1 Å². The van der Waals surface area contributed by atoms with E-state index in [-0.39, 0.29) is 5.92 Å². The Morgan fingerprint density at radius 2 is 1.97 bits per heavy atom. The second kappa shape index (κ2) is 7.45. The molecule has 2 bridgehead atoms. The van der Waals surface area contributed by atoms with Crippen LogP contribution in [0.1, 0.15) is 58.7 Å². The van der Waals surface area contributed by atoms with Crippen LogP contribution in [0.2, 0.25) is 0 Å². The molecule has 2 heterocycles. The van der Waals surface area contributed by atoms with E-state index in [1.54, 1.807) is 11.3 Å². The minimum atomic E-state index is 0.235. The quantitative estimate of drug-likeness (QED) is 0.520. The molecular formula is C23H30N6S. The molecule has 3 atom stereocenters. The number of fused-ring (bicyclic) bond motifs is 3. The molecule has 2 N–H and O–H groups in total. The number of rotatable bonds is 6. The number of benzene rings is 1. The van der Waals surface area contributed by atoms with E-state index in [4.69, 9.17) is 4.98 Å². The Balaban J connectivity index is 1.34. The van der Waals surface area contributed by atoms with Crippen molar-refractivity contribution in [2.45, 2.75) is 52.9 Å². The normalized spacial score (nSPS) is 24.6. The van der Waals surface area contributed by atoms with Gasteiger partial charge in [-0.3, -0.25) is 0 Å². The Kier molecular flexibility index (Phi) is 4.88. The molecule has 0 radical (unpaired) electrons. The summed E-state index contributed by atoms with van der Waals surface area (Å²) in [5, 5.41) is 6.91. The first-order valence-electron chi connectivity index (χ1n) is 11.0. The summed E-state index contributed by atoms with van der Waals surface area (Å²) in [7, 11) is 0. The molecule has 6 rings (SSSR count). The molecule has 0 amide bonds. The molecule has 6 nitrogen and oxygen atoms in total. The molecule has 1 aromatic carbocycles. The minimum absolute atomic E-state index is 0.235. The number of aromatic nitrogens is 4. The van der Waals surface area contributed by atoms with Crippen LogP contribution in [0.5, 0.6) is 0 Å². The highest BCUT2D eigenvalue weighted by Crippen LogP contribution is 2.61. The highest BCUT2D eigenvalue weighted by molar-refractivity contribution is 7.16. The van der Waals surface area contributed by atoms with Crippen molar-refractivity contribution in [1.82, 2.24) is 19.9 Å². The summed E-state index contributed by atoms with van der Waals surface area (Å²) in [6, 6.07) is 6.13. The molecule has 7 heteroatoms. The van der Waals surface area contributed by atoms with Gasteiger partial charge in [-0.05, 0) is 60.6 Å². The molecule has 158 valence electrons. The lowest BCUT2D eigenvalue weighted by atomic mass is 9.45. The maximum atomic E-state index is 4.69. The third-order valence-electron chi connectivity index (χ3n) is 7.28. The first kappa shape index (κ1) is 19.7. The Morgan fingerprint density at radius 1 is 1.13 bits per heavy atom. The summed E-state index contributed by atoms with van der Waals surface area (Å²) >= 11 is 1.63. The molecule has 2 aromatic heterocycles. The predicted octanol–water partition coefficient (Wildman–Crippen LogP) is 5.83. The van der Waals surface area contributed by atoms with Gasteiger partial charge in [0.1, 0.15) is 5.82 Å². The number of hydrogen-bond acceptors (Lipinski definition) is 7. The zero-order chi connectivity index (χ0) is 20.9. The van der Waals surface area contributed by atoms with E-state index >= 15 is 0 Å². The lowest BCUT2D eigenvalue weighted by Crippen LogP contribution is -2.53. The smallest absolute Gasteiger partial charge is 0.232 e. The number of nitrogens with one attached hydrogen (secondary N) is 2. The topological polar surface area (TPSA) is 75.6 Å². The average Bonchev–Trinajstić information content (AvgIpc) is 3.20. The van der Waals surface area contributed by atoms with Crippen LogP contribution in [0, 0.1) is 23.2 Å². The third-order valence-corrected chi connectivity index (χ3v) is 8.07. The van der Waals surface area contributed by atoms with Gasteiger partial charge in [-0.15, -0.1) is 11.3 Å². The minimum Gasteiger partial charge on any atom is -0.354 e. The summed E-state index contributed by atoms with van der Waals surface area (Å²) in [4.78, 5) is 18.4. The summed E-state index contributed by atoms with van der Waals surface area (Å²) in [6.07, 6.45) is 4.06. The standard InChI is InChI=1S/C23H30N6S/c1-13(2)20-27-21(24-11-14-5-6-15-9-17(14)23(15,3)4)29-22(28-20)26-16-7-8-18-19(10-16)30-12-25-18/h7-8,10,12-15,17H,5-6,9,11H2,1-4H3,(H2,24,26,27,28,29)/t14-,15+,17?/m0/s1. The highest BCUT2D eigenvalue weighted by atomic mass is 32.1. The molecule has 0 aliphatic heterocycles. The van der Waals surface area contributed by atoms with Gasteiger partial charge >= 0.3 is 0 Å². The molecule has 0 spiro atoms. The molecule has 3 saturated carbocycles. The van der Waals surface area contributed by atoms with Gasteiger partial charge in [-0.2, -0.15) is 15.0 Å². The van der Waals surface area contributed by atoms with E-state index < -0.39 is 0 Å². The van der Waals surface area contributed by atoms with Crippen molar-refractivity contribution in [1.29, 1.82) is 0 Å². The molecule has 3 aliphatic rings. The molecule has 3 aromatic rings. The molecule has 3 fully saturated rings. The van der Waals surface area contributed by atoms with Crippen molar-refractivity contribution < 1.29 is 0 Å². The summed E-state index contributed by atoms with van der Waals surface area (Å²) in [5.41, 5.74) is 4.34. The van der Waals surface area contributed by atoms with Crippen LogP contribution < -0.4 is 10.6 Å². The lowest BCUT2D eigenvalue weighted by Gasteiger charge is -2.60. The maximum Gasteiger partial charge on any atom is 0.232 e. The van der Waals surface area contributed by atoms with Crippen LogP contribution in [0.15, 0.2) is 23.7 Å². The van der Waals surface area contributed by atoms with Crippen LogP contribution in [-0.4, -0.2) is 26.5 Å². The fourth-order valence-corrected chi connectivity index (χ4v) is 5.99. The Hall–Kier alpha value is -2.28. The monoisotopic (exact) mass is 422 g/mol. The molecule has 30 heavy (non-hydrogen) atoms. The van der Waals surface area contributed by atoms with Crippen LogP contribution in [0.3, 0.4) is 0 Å². The molecule has 0 saturated heterocycles. The second-order valence-electron chi connectivity index (χ2n) is 9.73. The van der Waals surface area contributed by atoms with Crippen LogP contribution in [0.4, 0.5) is 17.6 Å². The van der Waals surface area contributed by atoms with Gasteiger partial charge in [-0.25, -0.2) is 4.98 Å².